The van der Waals surface area contributed by atoms with Crippen LogP contribution < -0.4 is 11.0 Å². The Morgan fingerprint density at radius 1 is 1.35 bits per heavy atom. The number of nitrogens with zero attached hydrogens (tertiary/aromatic N) is 2. The van der Waals surface area contributed by atoms with Crippen LogP contribution in [-0.2, 0) is 14.3 Å². The Labute approximate surface area is 150 Å². The summed E-state index contributed by atoms with van der Waals surface area (Å²) < 4.78 is 11.9. The molecule has 0 aromatic carbocycles. The summed E-state index contributed by atoms with van der Waals surface area (Å²) in [7, 11) is 0. The van der Waals surface area contributed by atoms with Crippen molar-refractivity contribution in [2.24, 2.45) is 23.2 Å². The Bertz CT molecular complexity index is 779. The van der Waals surface area contributed by atoms with E-state index in [0.717, 1.165) is 12.8 Å². The number of hydrogen-bond acceptors (Lipinski definition) is 6. The lowest BCUT2D eigenvalue weighted by Crippen LogP contribution is -2.38. The largest absolute Gasteiger partial charge is 0.391 e. The van der Waals surface area contributed by atoms with E-state index in [1.54, 1.807) is 12.3 Å². The van der Waals surface area contributed by atoms with Crippen LogP contribution in [-0.4, -0.2) is 40.1 Å². The molecule has 4 aliphatic carbocycles. The Kier molecular flexibility index (Phi) is 3.70. The van der Waals surface area contributed by atoms with Crippen molar-refractivity contribution in [3.63, 3.8) is 0 Å². The number of carbonyl (C=O) groups is 1. The summed E-state index contributed by atoms with van der Waals surface area (Å²) in [4.78, 5) is 29.3. The van der Waals surface area contributed by atoms with E-state index < -0.39 is 18.2 Å². The van der Waals surface area contributed by atoms with E-state index in [1.165, 1.54) is 23.8 Å². The molecular weight excluding hydrogens is 338 g/mol. The summed E-state index contributed by atoms with van der Waals surface area (Å²) >= 11 is 0. The fourth-order valence-electron chi connectivity index (χ4n) is 5.79. The predicted octanol–water partition coefficient (Wildman–Crippen LogP) is 0.872. The van der Waals surface area contributed by atoms with Gasteiger partial charge in [0, 0.05) is 6.20 Å². The zero-order valence-electron chi connectivity index (χ0n) is 14.5. The molecule has 0 spiro atoms. The van der Waals surface area contributed by atoms with E-state index in [1.807, 2.05) is 0 Å². The second kappa shape index (κ2) is 5.87. The van der Waals surface area contributed by atoms with Gasteiger partial charge in [-0.1, -0.05) is 0 Å². The van der Waals surface area contributed by atoms with Gasteiger partial charge in [0.25, 0.3) is 0 Å². The van der Waals surface area contributed by atoms with Crippen molar-refractivity contribution in [3.8, 4) is 0 Å². The number of aliphatic hydroxyl groups excluding tert-OH is 1. The molecular formula is C18H23N3O5. The molecule has 8 heteroatoms. The van der Waals surface area contributed by atoms with Crippen molar-refractivity contribution >= 4 is 11.7 Å². The van der Waals surface area contributed by atoms with Crippen molar-refractivity contribution in [2.75, 3.05) is 18.5 Å². The number of aromatic nitrogens is 2. The Balaban J connectivity index is 1.32. The Hall–Kier alpha value is -1.77. The van der Waals surface area contributed by atoms with Gasteiger partial charge in [-0.05, 0) is 55.9 Å². The lowest BCUT2D eigenvalue weighted by atomic mass is 9.75. The number of carbonyl (C=O) groups excluding carboxylic acids is 1. The first-order valence-electron chi connectivity index (χ1n) is 9.36. The first kappa shape index (κ1) is 16.4. The number of ether oxygens (including phenoxy) is 2. The summed E-state index contributed by atoms with van der Waals surface area (Å²) in [6.07, 6.45) is 5.79. The number of amides is 1. The van der Waals surface area contributed by atoms with Crippen LogP contribution in [0.3, 0.4) is 0 Å². The molecule has 4 bridgehead atoms. The van der Waals surface area contributed by atoms with Crippen molar-refractivity contribution in [1.29, 1.82) is 0 Å². The van der Waals surface area contributed by atoms with Crippen molar-refractivity contribution < 1.29 is 19.4 Å². The van der Waals surface area contributed by atoms with Gasteiger partial charge in [-0.15, -0.1) is 0 Å². The van der Waals surface area contributed by atoms with E-state index >= 15 is 0 Å². The van der Waals surface area contributed by atoms with Crippen molar-refractivity contribution in [2.45, 2.75) is 44.6 Å². The van der Waals surface area contributed by atoms with Gasteiger partial charge in [-0.25, -0.2) is 4.79 Å². The van der Waals surface area contributed by atoms with E-state index in [9.17, 15) is 9.59 Å². The average Bonchev–Trinajstić information content (AvgIpc) is 3.25. The lowest BCUT2D eigenvalue weighted by molar-refractivity contribution is -0.127. The number of hydrogen-bond donors (Lipinski definition) is 2. The highest BCUT2D eigenvalue weighted by atomic mass is 16.7. The van der Waals surface area contributed by atoms with Gasteiger partial charge < -0.3 is 19.9 Å². The predicted molar refractivity (Wildman–Crippen MR) is 90.1 cm³/mol. The Morgan fingerprint density at radius 2 is 2.12 bits per heavy atom. The van der Waals surface area contributed by atoms with Crippen LogP contribution >= 0.6 is 0 Å². The molecule has 8 nitrogen and oxygen atoms in total. The van der Waals surface area contributed by atoms with Gasteiger partial charge in [0.1, 0.15) is 5.82 Å². The van der Waals surface area contributed by atoms with Gasteiger partial charge in [0.15, 0.2) is 12.5 Å². The van der Waals surface area contributed by atoms with Crippen LogP contribution in [0.25, 0.3) is 0 Å². The number of aliphatic hydroxyl groups is 1. The second-order valence-corrected chi connectivity index (χ2v) is 8.19. The molecule has 5 aliphatic rings. The maximum absolute atomic E-state index is 13.0. The van der Waals surface area contributed by atoms with Crippen LogP contribution in [0.15, 0.2) is 17.1 Å². The van der Waals surface area contributed by atoms with Gasteiger partial charge in [0.05, 0.1) is 18.6 Å². The summed E-state index contributed by atoms with van der Waals surface area (Å²) in [6, 6.07) is 1.62. The highest BCUT2D eigenvalue weighted by Crippen LogP contribution is 2.65. The number of rotatable bonds is 4. The highest BCUT2D eigenvalue weighted by molar-refractivity contribution is 5.95. The fraction of sp³-hybridized carbons (Fsp3) is 0.722. The minimum Gasteiger partial charge on any atom is -0.391 e. The zero-order chi connectivity index (χ0) is 17.9. The monoisotopic (exact) mass is 361 g/mol. The first-order valence-corrected chi connectivity index (χ1v) is 9.36. The van der Waals surface area contributed by atoms with E-state index in [-0.39, 0.29) is 30.4 Å². The molecule has 2 heterocycles. The van der Waals surface area contributed by atoms with Crippen LogP contribution in [0.5, 0.6) is 0 Å². The quantitative estimate of drug-likeness (QED) is 0.825. The van der Waals surface area contributed by atoms with Crippen LogP contribution in [0.1, 0.15) is 38.3 Å². The SMILES string of the molecule is O=C(Nc1ccn(C2COC(CO)O2)c(=O)n1)C12CC3CC(CC1C3)C2. The van der Waals surface area contributed by atoms with Crippen LogP contribution in [0.2, 0.25) is 0 Å². The molecule has 1 aliphatic heterocycles. The van der Waals surface area contributed by atoms with Gasteiger partial charge in [-0.3, -0.25) is 9.36 Å². The summed E-state index contributed by atoms with van der Waals surface area (Å²) in [6.45, 7) is -0.0931. The van der Waals surface area contributed by atoms with Gasteiger partial charge >= 0.3 is 5.69 Å². The third kappa shape index (κ3) is 2.43. The van der Waals surface area contributed by atoms with E-state index in [4.69, 9.17) is 14.6 Å². The zero-order valence-corrected chi connectivity index (χ0v) is 14.5. The molecule has 4 atom stereocenters. The second-order valence-electron chi connectivity index (χ2n) is 8.19. The minimum absolute atomic E-state index is 0.0256. The van der Waals surface area contributed by atoms with Crippen molar-refractivity contribution in [3.05, 3.63) is 22.7 Å². The molecule has 5 fully saturated rings. The van der Waals surface area contributed by atoms with Crippen LogP contribution in [0.4, 0.5) is 5.82 Å². The van der Waals surface area contributed by atoms with E-state index in [0.29, 0.717) is 17.8 Å². The Morgan fingerprint density at radius 3 is 2.77 bits per heavy atom. The average molecular weight is 361 g/mol. The van der Waals surface area contributed by atoms with Crippen LogP contribution in [0, 0.1) is 23.2 Å². The molecule has 1 saturated heterocycles. The summed E-state index contributed by atoms with van der Waals surface area (Å²) in [5.41, 5.74) is -0.759. The number of nitrogens with one attached hydrogen (secondary N) is 1. The maximum atomic E-state index is 13.0. The summed E-state index contributed by atoms with van der Waals surface area (Å²) in [5, 5.41) is 11.9. The van der Waals surface area contributed by atoms with Crippen molar-refractivity contribution in [1.82, 2.24) is 9.55 Å². The lowest BCUT2D eigenvalue weighted by Gasteiger charge is -2.31. The third-order valence-electron chi connectivity index (χ3n) is 6.71. The number of anilines is 1. The molecule has 1 amide bonds. The van der Waals surface area contributed by atoms with Gasteiger partial charge in [0.2, 0.25) is 5.91 Å². The standard InChI is InChI=1S/C18H23N3O5/c22-8-15-25-9-14(26-15)21-2-1-13(20-17(21)24)19-16(23)18-6-10-3-11(7-18)5-12(18)4-10/h1-2,10-12,14-15,22H,3-9H2,(H,19,20,23,24). The molecule has 26 heavy (non-hydrogen) atoms. The molecule has 140 valence electrons. The smallest absolute Gasteiger partial charge is 0.351 e. The normalized spacial score (nSPS) is 40.3. The van der Waals surface area contributed by atoms with Gasteiger partial charge in [-0.2, -0.15) is 4.98 Å². The molecule has 4 saturated carbocycles. The molecule has 0 radical (unpaired) electrons. The molecule has 1 aromatic rings. The first-order chi connectivity index (χ1) is 12.6. The third-order valence-corrected chi connectivity index (χ3v) is 6.71. The van der Waals surface area contributed by atoms with E-state index in [2.05, 4.69) is 10.3 Å². The summed E-state index contributed by atoms with van der Waals surface area (Å²) in [5.74, 6) is 2.19. The maximum Gasteiger partial charge on any atom is 0.351 e. The fourth-order valence-corrected chi connectivity index (χ4v) is 5.79. The molecule has 2 N–H and O–H groups in total. The molecule has 4 unspecified atom stereocenters. The highest BCUT2D eigenvalue weighted by Gasteiger charge is 2.61. The molecule has 1 aromatic heterocycles. The minimum atomic E-state index is -0.724. The molecule has 6 rings (SSSR count). The topological polar surface area (TPSA) is 103 Å².